The van der Waals surface area contributed by atoms with Gasteiger partial charge in [0, 0.05) is 24.4 Å². The third-order valence-corrected chi connectivity index (χ3v) is 3.63. The van der Waals surface area contributed by atoms with Crippen molar-refractivity contribution < 1.29 is 0 Å². The molecular formula is C18H24N2. The topological polar surface area (TPSA) is 24.9 Å². The molecule has 1 aromatic carbocycles. The van der Waals surface area contributed by atoms with Crippen LogP contribution in [0.3, 0.4) is 0 Å². The summed E-state index contributed by atoms with van der Waals surface area (Å²) in [6, 6.07) is 15.1. The lowest BCUT2D eigenvalue weighted by molar-refractivity contribution is 0.536. The molecule has 2 heteroatoms. The largest absolute Gasteiger partial charge is 0.313 e. The van der Waals surface area contributed by atoms with E-state index in [-0.39, 0.29) is 5.41 Å². The molecule has 2 nitrogen and oxygen atoms in total. The summed E-state index contributed by atoms with van der Waals surface area (Å²) >= 11 is 0. The number of nitrogens with one attached hydrogen (secondary N) is 1. The Bertz CT molecular complexity index is 541. The van der Waals surface area contributed by atoms with Gasteiger partial charge in [-0.1, -0.05) is 51.1 Å². The highest BCUT2D eigenvalue weighted by Crippen LogP contribution is 2.30. The van der Waals surface area contributed by atoms with Crippen LogP contribution in [0.1, 0.15) is 43.6 Å². The number of nitrogens with zero attached hydrogens (tertiary/aromatic N) is 1. The molecule has 0 fully saturated rings. The lowest BCUT2D eigenvalue weighted by atomic mass is 9.81. The van der Waals surface area contributed by atoms with Crippen molar-refractivity contribution in [1.29, 1.82) is 0 Å². The Kier molecular flexibility index (Phi) is 4.56. The van der Waals surface area contributed by atoms with Crippen LogP contribution < -0.4 is 5.32 Å². The van der Waals surface area contributed by atoms with E-state index in [0.717, 1.165) is 12.1 Å². The lowest BCUT2D eigenvalue weighted by Gasteiger charge is -2.27. The summed E-state index contributed by atoms with van der Waals surface area (Å²) in [5.74, 6) is 0. The fourth-order valence-electron chi connectivity index (χ4n) is 2.58. The van der Waals surface area contributed by atoms with Gasteiger partial charge in [0.05, 0.1) is 0 Å². The number of pyridine rings is 1. The molecule has 1 heterocycles. The second kappa shape index (κ2) is 6.19. The number of hydrogen-bond donors (Lipinski definition) is 1. The van der Waals surface area contributed by atoms with Gasteiger partial charge in [-0.3, -0.25) is 4.98 Å². The summed E-state index contributed by atoms with van der Waals surface area (Å²) in [4.78, 5) is 4.44. The molecule has 0 radical (unpaired) electrons. The summed E-state index contributed by atoms with van der Waals surface area (Å²) in [5.41, 5.74) is 4.04. The zero-order valence-electron chi connectivity index (χ0n) is 12.9. The number of aromatic nitrogens is 1. The minimum atomic E-state index is 0.149. The van der Waals surface area contributed by atoms with E-state index in [1.165, 1.54) is 11.1 Å². The SMILES string of the molecule is CNC(Cc1ccccn1)c1ccccc1C(C)(C)C. The van der Waals surface area contributed by atoms with Crippen molar-refractivity contribution in [2.75, 3.05) is 7.05 Å². The van der Waals surface area contributed by atoms with Crippen molar-refractivity contribution in [3.8, 4) is 0 Å². The van der Waals surface area contributed by atoms with Crippen molar-refractivity contribution in [3.63, 3.8) is 0 Å². The monoisotopic (exact) mass is 268 g/mol. The predicted octanol–water partition coefficient (Wildman–Crippen LogP) is 3.88. The van der Waals surface area contributed by atoms with Crippen molar-refractivity contribution in [2.24, 2.45) is 0 Å². The molecule has 0 aliphatic heterocycles. The smallest absolute Gasteiger partial charge is 0.0422 e. The molecule has 0 saturated heterocycles. The zero-order valence-corrected chi connectivity index (χ0v) is 12.9. The molecule has 20 heavy (non-hydrogen) atoms. The molecule has 0 aliphatic carbocycles. The minimum Gasteiger partial charge on any atom is -0.313 e. The van der Waals surface area contributed by atoms with E-state index in [0.29, 0.717) is 6.04 Å². The summed E-state index contributed by atoms with van der Waals surface area (Å²) in [5, 5.41) is 3.44. The van der Waals surface area contributed by atoms with Gasteiger partial charge in [-0.25, -0.2) is 0 Å². The van der Waals surface area contributed by atoms with Crippen LogP contribution in [0.25, 0.3) is 0 Å². The Labute approximate surface area is 122 Å². The van der Waals surface area contributed by atoms with Crippen LogP contribution in [0.2, 0.25) is 0 Å². The highest BCUT2D eigenvalue weighted by atomic mass is 14.9. The van der Waals surface area contributed by atoms with E-state index in [1.54, 1.807) is 0 Å². The first-order valence-corrected chi connectivity index (χ1v) is 7.19. The first kappa shape index (κ1) is 14.7. The third kappa shape index (κ3) is 3.45. The average molecular weight is 268 g/mol. The summed E-state index contributed by atoms with van der Waals surface area (Å²) in [7, 11) is 2.02. The zero-order chi connectivity index (χ0) is 14.6. The molecule has 1 atom stereocenters. The number of rotatable bonds is 4. The minimum absolute atomic E-state index is 0.149. The van der Waals surface area contributed by atoms with Crippen molar-refractivity contribution >= 4 is 0 Å². The molecule has 0 amide bonds. The summed E-state index contributed by atoms with van der Waals surface area (Å²) in [6.45, 7) is 6.79. The van der Waals surface area contributed by atoms with Crippen LogP contribution in [-0.2, 0) is 11.8 Å². The van der Waals surface area contributed by atoms with Crippen LogP contribution >= 0.6 is 0 Å². The average Bonchev–Trinajstić information content (AvgIpc) is 2.45. The molecule has 2 rings (SSSR count). The molecule has 0 aliphatic rings. The van der Waals surface area contributed by atoms with Crippen LogP contribution in [0, 0.1) is 0 Å². The molecule has 0 spiro atoms. The van der Waals surface area contributed by atoms with Crippen molar-refractivity contribution in [3.05, 3.63) is 65.5 Å². The maximum atomic E-state index is 4.44. The van der Waals surface area contributed by atoms with Gasteiger partial charge in [-0.15, -0.1) is 0 Å². The van der Waals surface area contributed by atoms with Crippen LogP contribution in [-0.4, -0.2) is 12.0 Å². The van der Waals surface area contributed by atoms with Crippen LogP contribution in [0.15, 0.2) is 48.7 Å². The molecular weight excluding hydrogens is 244 g/mol. The molecule has 106 valence electrons. The van der Waals surface area contributed by atoms with E-state index >= 15 is 0 Å². The highest BCUT2D eigenvalue weighted by Gasteiger charge is 2.22. The fourth-order valence-corrected chi connectivity index (χ4v) is 2.58. The number of benzene rings is 1. The van der Waals surface area contributed by atoms with Gasteiger partial charge in [0.2, 0.25) is 0 Å². The standard InChI is InChI=1S/C18H24N2/c1-18(2,3)16-11-6-5-10-15(16)17(19-4)13-14-9-7-8-12-20-14/h5-12,17,19H,13H2,1-4H3. The van der Waals surface area contributed by atoms with Gasteiger partial charge in [-0.05, 0) is 35.7 Å². The number of hydrogen-bond acceptors (Lipinski definition) is 2. The Hall–Kier alpha value is -1.67. The van der Waals surface area contributed by atoms with E-state index in [2.05, 4.69) is 61.4 Å². The maximum Gasteiger partial charge on any atom is 0.0422 e. The second-order valence-electron chi connectivity index (χ2n) is 6.20. The fraction of sp³-hybridized carbons (Fsp3) is 0.389. The van der Waals surface area contributed by atoms with Gasteiger partial charge in [0.1, 0.15) is 0 Å². The quantitative estimate of drug-likeness (QED) is 0.910. The third-order valence-electron chi connectivity index (χ3n) is 3.63. The Morgan fingerprint density at radius 3 is 2.35 bits per heavy atom. The molecule has 0 saturated carbocycles. The van der Waals surface area contributed by atoms with Gasteiger partial charge in [0.15, 0.2) is 0 Å². The second-order valence-corrected chi connectivity index (χ2v) is 6.20. The maximum absolute atomic E-state index is 4.44. The van der Waals surface area contributed by atoms with Gasteiger partial charge < -0.3 is 5.32 Å². The molecule has 1 unspecified atom stereocenters. The normalized spacial score (nSPS) is 13.2. The van der Waals surface area contributed by atoms with E-state index in [1.807, 2.05) is 25.4 Å². The lowest BCUT2D eigenvalue weighted by Crippen LogP contribution is -2.24. The first-order valence-electron chi connectivity index (χ1n) is 7.19. The van der Waals surface area contributed by atoms with Crippen molar-refractivity contribution in [2.45, 2.75) is 38.6 Å². The molecule has 0 bridgehead atoms. The van der Waals surface area contributed by atoms with Crippen LogP contribution in [0.5, 0.6) is 0 Å². The van der Waals surface area contributed by atoms with Crippen molar-refractivity contribution in [1.82, 2.24) is 10.3 Å². The van der Waals surface area contributed by atoms with Gasteiger partial charge >= 0.3 is 0 Å². The Balaban J connectivity index is 2.33. The van der Waals surface area contributed by atoms with E-state index < -0.39 is 0 Å². The van der Waals surface area contributed by atoms with Gasteiger partial charge in [-0.2, -0.15) is 0 Å². The van der Waals surface area contributed by atoms with E-state index in [9.17, 15) is 0 Å². The highest BCUT2D eigenvalue weighted by molar-refractivity contribution is 5.35. The molecule has 1 aromatic heterocycles. The number of likely N-dealkylation sites (N-methyl/N-ethyl adjacent to an activating group) is 1. The molecule has 1 N–H and O–H groups in total. The first-order chi connectivity index (χ1) is 9.52. The summed E-state index contributed by atoms with van der Waals surface area (Å²) in [6.07, 6.45) is 2.77. The molecule has 2 aromatic rings. The van der Waals surface area contributed by atoms with Crippen LogP contribution in [0.4, 0.5) is 0 Å². The summed E-state index contributed by atoms with van der Waals surface area (Å²) < 4.78 is 0. The Morgan fingerprint density at radius 2 is 1.75 bits per heavy atom. The predicted molar refractivity (Wildman–Crippen MR) is 84.9 cm³/mol. The van der Waals surface area contributed by atoms with E-state index in [4.69, 9.17) is 0 Å². The van der Waals surface area contributed by atoms with Gasteiger partial charge in [0.25, 0.3) is 0 Å². The Morgan fingerprint density at radius 1 is 1.05 bits per heavy atom.